The molecule has 0 bridgehead atoms. The number of nitrogen functional groups attached to an aromatic ring is 1. The summed E-state index contributed by atoms with van der Waals surface area (Å²) in [5.41, 5.74) is 11.5. The predicted octanol–water partition coefficient (Wildman–Crippen LogP) is 3.15. The van der Waals surface area contributed by atoms with Crippen molar-refractivity contribution in [2.24, 2.45) is 0 Å². The normalized spacial score (nSPS) is 20.4. The van der Waals surface area contributed by atoms with E-state index in [0.29, 0.717) is 48.3 Å². The lowest BCUT2D eigenvalue weighted by molar-refractivity contribution is -0.125. The van der Waals surface area contributed by atoms with E-state index >= 15 is 0 Å². The summed E-state index contributed by atoms with van der Waals surface area (Å²) >= 11 is 0. The number of fused-ring (bicyclic) bond motifs is 1. The Morgan fingerprint density at radius 1 is 1.00 bits per heavy atom. The number of benzene rings is 1. The Labute approximate surface area is 273 Å². The van der Waals surface area contributed by atoms with Gasteiger partial charge in [0.15, 0.2) is 5.82 Å². The molecule has 2 N–H and O–H groups in total. The van der Waals surface area contributed by atoms with Crippen molar-refractivity contribution in [3.05, 3.63) is 48.3 Å². The maximum absolute atomic E-state index is 12.7. The molecule has 3 aliphatic rings. The predicted molar refractivity (Wildman–Crippen MR) is 184 cm³/mol. The van der Waals surface area contributed by atoms with Crippen molar-refractivity contribution < 1.29 is 9.53 Å². The number of piperazine rings is 1. The quantitative estimate of drug-likeness (QED) is 0.356. The van der Waals surface area contributed by atoms with Crippen LogP contribution in [0, 0.1) is 0 Å². The molecule has 0 spiro atoms. The summed E-state index contributed by atoms with van der Waals surface area (Å²) in [5, 5.41) is 0. The number of carbonyl (C=O) groups excluding carboxylic acids is 1. The van der Waals surface area contributed by atoms with Crippen LogP contribution in [-0.4, -0.2) is 133 Å². The van der Waals surface area contributed by atoms with Gasteiger partial charge in [-0.3, -0.25) is 9.69 Å². The van der Waals surface area contributed by atoms with Crippen LogP contribution in [0.3, 0.4) is 0 Å². The maximum atomic E-state index is 12.7. The smallest absolute Gasteiger partial charge is 0.246 e. The second kappa shape index (κ2) is 14.3. The van der Waals surface area contributed by atoms with Gasteiger partial charge in [-0.2, -0.15) is 0 Å². The molecular formula is C35H49N9O2. The minimum absolute atomic E-state index is 0.0113. The lowest BCUT2D eigenvalue weighted by atomic mass is 10.0. The zero-order valence-corrected chi connectivity index (χ0v) is 27.9. The molecule has 2 aromatic heterocycles. The van der Waals surface area contributed by atoms with Gasteiger partial charge in [-0.15, -0.1) is 0 Å². The molecule has 1 aromatic carbocycles. The van der Waals surface area contributed by atoms with Crippen molar-refractivity contribution in [3.63, 3.8) is 0 Å². The summed E-state index contributed by atoms with van der Waals surface area (Å²) in [6, 6.07) is 9.40. The Bertz CT molecular complexity index is 1530. The summed E-state index contributed by atoms with van der Waals surface area (Å²) in [7, 11) is 6.18. The number of rotatable bonds is 9. The van der Waals surface area contributed by atoms with Gasteiger partial charge in [0.05, 0.1) is 6.54 Å². The number of aromatic nitrogens is 3. The molecule has 1 amide bonds. The van der Waals surface area contributed by atoms with Gasteiger partial charge in [-0.1, -0.05) is 25.1 Å². The largest absolute Gasteiger partial charge is 0.471 e. The summed E-state index contributed by atoms with van der Waals surface area (Å²) in [4.78, 5) is 38.5. The van der Waals surface area contributed by atoms with Crippen molar-refractivity contribution in [2.75, 3.05) is 90.7 Å². The van der Waals surface area contributed by atoms with Crippen molar-refractivity contribution in [3.8, 4) is 17.0 Å². The number of likely N-dealkylation sites (N-methyl/N-ethyl adjacent to an activating group) is 2. The molecule has 1 unspecified atom stereocenters. The number of nitrogens with two attached hydrogens (primary N) is 1. The molecule has 3 fully saturated rings. The summed E-state index contributed by atoms with van der Waals surface area (Å²) in [6.07, 6.45) is 8.98. The topological polar surface area (TPSA) is 107 Å². The van der Waals surface area contributed by atoms with Crippen LogP contribution in [-0.2, 0) is 11.2 Å². The first-order valence-corrected chi connectivity index (χ1v) is 16.8. The van der Waals surface area contributed by atoms with Gasteiger partial charge in [0, 0.05) is 88.3 Å². The van der Waals surface area contributed by atoms with Gasteiger partial charge in [0.1, 0.15) is 22.8 Å². The monoisotopic (exact) mass is 627 g/mol. The van der Waals surface area contributed by atoms with Crippen LogP contribution in [0.2, 0.25) is 0 Å². The van der Waals surface area contributed by atoms with E-state index in [4.69, 9.17) is 20.4 Å². The van der Waals surface area contributed by atoms with Crippen LogP contribution in [0.5, 0.6) is 5.88 Å². The summed E-state index contributed by atoms with van der Waals surface area (Å²) in [6.45, 7) is 10.8. The third-order valence-electron chi connectivity index (χ3n) is 9.62. The minimum atomic E-state index is -0.148. The molecule has 3 aliphatic heterocycles. The first-order chi connectivity index (χ1) is 22.3. The molecule has 246 valence electrons. The Hall–Kier alpha value is -3.80. The Morgan fingerprint density at radius 3 is 2.43 bits per heavy atom. The molecule has 11 nitrogen and oxygen atoms in total. The highest BCUT2D eigenvalue weighted by Crippen LogP contribution is 2.33. The Morgan fingerprint density at radius 2 is 1.74 bits per heavy atom. The first kappa shape index (κ1) is 32.2. The molecule has 5 heterocycles. The van der Waals surface area contributed by atoms with E-state index in [9.17, 15) is 4.79 Å². The zero-order valence-electron chi connectivity index (χ0n) is 27.9. The minimum Gasteiger partial charge on any atom is -0.471 e. The molecule has 0 aliphatic carbocycles. The number of ether oxygens (including phenoxy) is 1. The molecule has 3 aromatic rings. The van der Waals surface area contributed by atoms with Crippen LogP contribution in [0.4, 0.5) is 11.5 Å². The number of aryl methyl sites for hydroxylation is 1. The summed E-state index contributed by atoms with van der Waals surface area (Å²) < 4.78 is 6.44. The average molecular weight is 628 g/mol. The van der Waals surface area contributed by atoms with Gasteiger partial charge in [0.2, 0.25) is 11.8 Å². The van der Waals surface area contributed by atoms with Gasteiger partial charge >= 0.3 is 0 Å². The fourth-order valence-electron chi connectivity index (χ4n) is 6.79. The Balaban J connectivity index is 1.16. The lowest BCUT2D eigenvalue weighted by Gasteiger charge is -2.42. The number of hydrogen-bond acceptors (Lipinski definition) is 10. The van der Waals surface area contributed by atoms with E-state index < -0.39 is 0 Å². The van der Waals surface area contributed by atoms with E-state index in [-0.39, 0.29) is 12.0 Å². The van der Waals surface area contributed by atoms with E-state index in [1.807, 2.05) is 36.9 Å². The second-order valence-corrected chi connectivity index (χ2v) is 13.2. The number of carbonyl (C=O) groups is 1. The fraction of sp³-hybridized carbons (Fsp3) is 0.543. The van der Waals surface area contributed by atoms with Gasteiger partial charge in [0.25, 0.3) is 0 Å². The lowest BCUT2D eigenvalue weighted by Crippen LogP contribution is -2.52. The summed E-state index contributed by atoms with van der Waals surface area (Å²) in [5.74, 6) is 0.871. The number of nitrogens with zero attached hydrogens (tertiary/aromatic N) is 8. The van der Waals surface area contributed by atoms with Crippen molar-refractivity contribution in [1.29, 1.82) is 0 Å². The number of pyridine rings is 1. The molecule has 0 saturated carbocycles. The molecule has 1 atom stereocenters. The number of anilines is 2. The van der Waals surface area contributed by atoms with Crippen LogP contribution in [0.1, 0.15) is 31.9 Å². The highest BCUT2D eigenvalue weighted by molar-refractivity contribution is 5.96. The third kappa shape index (κ3) is 7.27. The van der Waals surface area contributed by atoms with Crippen LogP contribution in [0.15, 0.2) is 42.6 Å². The van der Waals surface area contributed by atoms with Crippen molar-refractivity contribution in [1.82, 2.24) is 34.6 Å². The molecule has 11 heteroatoms. The van der Waals surface area contributed by atoms with Crippen LogP contribution < -0.4 is 15.4 Å². The van der Waals surface area contributed by atoms with E-state index in [0.717, 1.165) is 42.9 Å². The van der Waals surface area contributed by atoms with Gasteiger partial charge < -0.3 is 30.1 Å². The highest BCUT2D eigenvalue weighted by atomic mass is 16.5. The highest BCUT2D eigenvalue weighted by Gasteiger charge is 2.29. The zero-order chi connectivity index (χ0) is 32.2. The SMILES string of the molecule is CCc1nc2c(N)ncc(-c3ccc(N4CCC(N5CCN(C)CC5)CC4)cc3)c2nc1OC1CCN(C(=O)/C=C/CN(C)C)C1. The molecule has 3 saturated heterocycles. The molecule has 0 radical (unpaired) electrons. The molecular weight excluding hydrogens is 578 g/mol. The third-order valence-corrected chi connectivity index (χ3v) is 9.62. The number of piperidine rings is 1. The second-order valence-electron chi connectivity index (χ2n) is 13.2. The standard InChI is InChI=1S/C35H49N9O2/c1-5-30-35(46-28-14-18-44(24-28)31(45)7-6-15-40(2)3)39-32-29(23-37-34(36)33(32)38-30)25-8-10-26(11-9-25)42-16-12-27(13-17-42)43-21-19-41(4)20-22-43/h6-11,23,27-28H,5,12-22,24H2,1-4H3,(H2,36,37)/b7-6+. The molecule has 6 rings (SSSR count). The van der Waals surface area contributed by atoms with Crippen molar-refractivity contribution in [2.45, 2.75) is 44.8 Å². The average Bonchev–Trinajstić information content (AvgIpc) is 3.54. The molecule has 46 heavy (non-hydrogen) atoms. The number of amides is 1. The number of hydrogen-bond donors (Lipinski definition) is 1. The number of likely N-dealkylation sites (tertiary alicyclic amines) is 1. The Kier molecular flexibility index (Phi) is 10.0. The van der Waals surface area contributed by atoms with Gasteiger partial charge in [-0.25, -0.2) is 15.0 Å². The van der Waals surface area contributed by atoms with Crippen LogP contribution in [0.25, 0.3) is 22.2 Å². The van der Waals surface area contributed by atoms with E-state index in [1.54, 1.807) is 12.3 Å². The van der Waals surface area contributed by atoms with E-state index in [2.05, 4.69) is 51.0 Å². The van der Waals surface area contributed by atoms with E-state index in [1.165, 1.54) is 44.7 Å². The maximum Gasteiger partial charge on any atom is 0.246 e. The fourth-order valence-corrected chi connectivity index (χ4v) is 6.79. The van der Waals surface area contributed by atoms with Crippen molar-refractivity contribution >= 4 is 28.4 Å². The van der Waals surface area contributed by atoms with Gasteiger partial charge in [-0.05, 0) is 58.1 Å². The van der Waals surface area contributed by atoms with Crippen LogP contribution >= 0.6 is 0 Å². The first-order valence-electron chi connectivity index (χ1n) is 16.8.